The maximum absolute atomic E-state index is 6.97. The molecule has 8 aliphatic rings. The van der Waals surface area contributed by atoms with Crippen LogP contribution in [-0.2, 0) is 27.1 Å². The molecule has 8 aliphatic carbocycles. The zero-order valence-corrected chi connectivity index (χ0v) is 67.4. The van der Waals surface area contributed by atoms with Crippen molar-refractivity contribution >= 4 is 33.5 Å². The molecule has 6 saturated carbocycles. The molecule has 560 valence electrons. The van der Waals surface area contributed by atoms with Gasteiger partial charge in [0, 0.05) is 26.6 Å². The zero-order chi connectivity index (χ0) is 74.7. The van der Waals surface area contributed by atoms with Crippen molar-refractivity contribution in [2.45, 2.75) is 261 Å². The first-order valence-electron chi connectivity index (χ1n) is 43.6. The first-order valence-corrected chi connectivity index (χ1v) is 43.9. The van der Waals surface area contributed by atoms with E-state index in [9.17, 15) is 0 Å². The summed E-state index contributed by atoms with van der Waals surface area (Å²) in [5, 5.41) is 3.12. The SMILES string of the molecule is CCCCCCCCC1(CCCCCCCC)c2cc(-c3ccc4c(c3)C(C)(C)c3cc(-c5ccc(Cl)cc5)ccc3-4)ccc2-c2ccc(-c3ccc4c(c3)oc3cc(-c5ccc(C67CCC(c8ccc(-c9ccc(-c%10ccc(C%11%12CCC(CCCCCC)(CC%11)CC%12)cc%10)cc9)cc8)(CC6)CC7)cc5)ccc34)cc21. The predicted molar refractivity (Wildman–Crippen MR) is 469 cm³/mol. The summed E-state index contributed by atoms with van der Waals surface area (Å²) in [5.41, 5.74) is 34.6. The second-order valence-corrected chi connectivity index (χ2v) is 36.7. The van der Waals surface area contributed by atoms with Crippen molar-refractivity contribution in [2.75, 3.05) is 0 Å². The third-order valence-corrected chi connectivity index (χ3v) is 30.1. The molecule has 110 heavy (non-hydrogen) atoms. The third kappa shape index (κ3) is 13.4. The Kier molecular flexibility index (Phi) is 20.1. The number of furan rings is 1. The Morgan fingerprint density at radius 3 is 0.918 bits per heavy atom. The molecule has 1 nitrogen and oxygen atoms in total. The van der Waals surface area contributed by atoms with E-state index < -0.39 is 0 Å². The monoisotopic (exact) mass is 1460 g/mol. The molecule has 6 fully saturated rings. The van der Waals surface area contributed by atoms with Gasteiger partial charge < -0.3 is 4.42 Å². The van der Waals surface area contributed by atoms with Gasteiger partial charge in [-0.25, -0.2) is 0 Å². The van der Waals surface area contributed by atoms with Crippen LogP contribution >= 0.6 is 11.6 Å². The van der Waals surface area contributed by atoms with Crippen LogP contribution in [0.15, 0.2) is 235 Å². The van der Waals surface area contributed by atoms with Gasteiger partial charge in [0.25, 0.3) is 0 Å². The molecule has 0 atom stereocenters. The van der Waals surface area contributed by atoms with Gasteiger partial charge in [-0.05, 0) is 307 Å². The maximum Gasteiger partial charge on any atom is 0.136 e. The van der Waals surface area contributed by atoms with Crippen molar-refractivity contribution in [3.8, 4) is 89.0 Å². The summed E-state index contributed by atoms with van der Waals surface area (Å²) in [6, 6.07) is 90.4. The molecule has 1 aromatic heterocycles. The minimum atomic E-state index is -0.152. The number of benzene rings is 11. The van der Waals surface area contributed by atoms with Crippen molar-refractivity contribution in [1.82, 2.24) is 0 Å². The van der Waals surface area contributed by atoms with E-state index in [1.54, 1.807) is 16.7 Å². The van der Waals surface area contributed by atoms with Crippen molar-refractivity contribution < 1.29 is 4.42 Å². The van der Waals surface area contributed by atoms with E-state index in [4.69, 9.17) is 16.0 Å². The van der Waals surface area contributed by atoms with Gasteiger partial charge in [-0.2, -0.15) is 0 Å². The molecule has 2 heteroatoms. The molecule has 0 unspecified atom stereocenters. The second-order valence-electron chi connectivity index (χ2n) is 36.3. The molecule has 0 radical (unpaired) electrons. The largest absolute Gasteiger partial charge is 0.456 e. The number of hydrogen-bond donors (Lipinski definition) is 0. The topological polar surface area (TPSA) is 13.1 Å². The number of hydrogen-bond acceptors (Lipinski definition) is 1. The molecular weight excluding hydrogens is 1350 g/mol. The van der Waals surface area contributed by atoms with Crippen molar-refractivity contribution in [3.05, 3.63) is 274 Å². The number of fused-ring (bicyclic) bond motifs is 15. The molecule has 11 aromatic carbocycles. The smallest absolute Gasteiger partial charge is 0.136 e. The van der Waals surface area contributed by atoms with Gasteiger partial charge in [0.1, 0.15) is 11.2 Å². The number of halogens is 1. The lowest BCUT2D eigenvalue weighted by Crippen LogP contribution is -2.46. The Labute approximate surface area is 663 Å². The first-order chi connectivity index (χ1) is 53.8. The Hall–Kier alpha value is -8.49. The maximum atomic E-state index is 6.97. The average Bonchev–Trinajstić information content (AvgIpc) is 1.63. The molecule has 20 rings (SSSR count). The molecule has 0 N–H and O–H groups in total. The zero-order valence-electron chi connectivity index (χ0n) is 66.6. The van der Waals surface area contributed by atoms with Crippen molar-refractivity contribution in [1.29, 1.82) is 0 Å². The van der Waals surface area contributed by atoms with Crippen LogP contribution in [0.5, 0.6) is 0 Å². The standard InChI is InChI=1S/C108H115ClO/c1-6-9-12-15-17-20-55-108(56-21-18-16-13-10-7-2)99-71-83(82-35-49-92-91-48-34-81(80-32-46-90(109)47-33-80)69-97(91)103(4,5)98(92)70-82)36-50-93(99)94-51-37-84(72-100(94)108)86-39-53-96-95-52-38-85(73-101(95)110-102(96)74-86)79-30-44-89(45-31-79)107-66-63-106(64-67-107,65-68-107)88-42-28-78(29-43-88)76-24-22-75(23-25-76)77-26-40-87(41-27-77)105-60-57-104(58-61-105,59-62-105)54-19-14-11-8-3/h22-53,69-74H,6-21,54-68H2,1-5H3. The van der Waals surface area contributed by atoms with E-state index >= 15 is 0 Å². The first kappa shape index (κ1) is 73.0. The van der Waals surface area contributed by atoms with Gasteiger partial charge in [-0.3, -0.25) is 0 Å². The summed E-state index contributed by atoms with van der Waals surface area (Å²) in [6.45, 7) is 11.8. The molecule has 1 heterocycles. The van der Waals surface area contributed by atoms with Gasteiger partial charge >= 0.3 is 0 Å². The van der Waals surface area contributed by atoms with Crippen LogP contribution in [0.25, 0.3) is 111 Å². The fourth-order valence-corrected chi connectivity index (χ4v) is 22.9. The highest BCUT2D eigenvalue weighted by molar-refractivity contribution is 6.30. The van der Waals surface area contributed by atoms with Crippen LogP contribution in [-0.4, -0.2) is 0 Å². The van der Waals surface area contributed by atoms with Crippen LogP contribution < -0.4 is 0 Å². The predicted octanol–water partition coefficient (Wildman–Crippen LogP) is 32.4. The highest BCUT2D eigenvalue weighted by Gasteiger charge is 2.51. The van der Waals surface area contributed by atoms with E-state index in [1.807, 2.05) is 12.1 Å². The van der Waals surface area contributed by atoms with Crippen LogP contribution in [0.2, 0.25) is 5.02 Å². The lowest BCUT2D eigenvalue weighted by atomic mass is 9.50. The van der Waals surface area contributed by atoms with Gasteiger partial charge in [0.2, 0.25) is 0 Å². The van der Waals surface area contributed by atoms with Crippen LogP contribution in [0, 0.1) is 5.41 Å². The average molecular weight is 1460 g/mol. The van der Waals surface area contributed by atoms with Crippen LogP contribution in [0.3, 0.4) is 0 Å². The van der Waals surface area contributed by atoms with E-state index in [0.717, 1.165) is 16.2 Å². The lowest BCUT2D eigenvalue weighted by Gasteiger charge is -2.54. The van der Waals surface area contributed by atoms with Crippen molar-refractivity contribution in [3.63, 3.8) is 0 Å². The Balaban J connectivity index is 0.558. The van der Waals surface area contributed by atoms with Crippen LogP contribution in [0.1, 0.15) is 273 Å². The van der Waals surface area contributed by atoms with E-state index in [2.05, 4.69) is 253 Å². The van der Waals surface area contributed by atoms with Gasteiger partial charge in [0.05, 0.1) is 0 Å². The highest BCUT2D eigenvalue weighted by Crippen LogP contribution is 2.62. The normalized spacial score (nSPS) is 21.0. The molecular formula is C108H115ClO. The molecule has 12 aromatic rings. The Morgan fingerprint density at radius 2 is 0.527 bits per heavy atom. The highest BCUT2D eigenvalue weighted by atomic mass is 35.5. The summed E-state index contributed by atoms with van der Waals surface area (Å²) in [4.78, 5) is 0. The van der Waals surface area contributed by atoms with Crippen LogP contribution in [0.4, 0.5) is 0 Å². The minimum Gasteiger partial charge on any atom is -0.456 e. The minimum absolute atomic E-state index is 0.0864. The van der Waals surface area contributed by atoms with Crippen molar-refractivity contribution in [2.24, 2.45) is 5.41 Å². The fraction of sp³-hybridized carbons (Fsp3) is 0.389. The molecule has 4 bridgehead atoms. The Morgan fingerprint density at radius 1 is 0.264 bits per heavy atom. The van der Waals surface area contributed by atoms with E-state index in [-0.39, 0.29) is 21.7 Å². The molecule has 0 spiro atoms. The van der Waals surface area contributed by atoms with E-state index in [0.29, 0.717) is 10.8 Å². The summed E-state index contributed by atoms with van der Waals surface area (Å²) in [6.07, 6.45) is 41.0. The summed E-state index contributed by atoms with van der Waals surface area (Å²) < 4.78 is 6.97. The van der Waals surface area contributed by atoms with Gasteiger partial charge in [-0.1, -0.05) is 319 Å². The van der Waals surface area contributed by atoms with Gasteiger partial charge in [0.15, 0.2) is 0 Å². The number of rotatable bonds is 28. The summed E-state index contributed by atoms with van der Waals surface area (Å²) >= 11 is 6.35. The second kappa shape index (κ2) is 30.2. The summed E-state index contributed by atoms with van der Waals surface area (Å²) in [5.74, 6) is 0. The summed E-state index contributed by atoms with van der Waals surface area (Å²) in [7, 11) is 0. The Bertz CT molecular complexity index is 5240. The number of unbranched alkanes of at least 4 members (excludes halogenated alkanes) is 13. The van der Waals surface area contributed by atoms with Gasteiger partial charge in [-0.15, -0.1) is 0 Å². The molecule has 0 amide bonds. The fourth-order valence-electron chi connectivity index (χ4n) is 22.8. The lowest BCUT2D eigenvalue weighted by molar-refractivity contribution is 0.0305. The third-order valence-electron chi connectivity index (χ3n) is 29.9. The molecule has 0 aliphatic heterocycles. The van der Waals surface area contributed by atoms with E-state index in [1.165, 1.54) is 321 Å². The quantitative estimate of drug-likeness (QED) is 0.0446. The molecule has 0 saturated heterocycles.